The molecule has 2 atom stereocenters. The normalized spacial score (nSPS) is 20.7. The van der Waals surface area contributed by atoms with Gasteiger partial charge in [-0.1, -0.05) is 64.0 Å². The van der Waals surface area contributed by atoms with Gasteiger partial charge in [-0.3, -0.25) is 4.90 Å². The molecule has 0 bridgehead atoms. The van der Waals surface area contributed by atoms with Crippen LogP contribution in [0.15, 0.2) is 12.2 Å². The molecule has 5 heteroatoms. The molecule has 1 rings (SSSR count). The van der Waals surface area contributed by atoms with E-state index in [1.807, 2.05) is 40.7 Å². The monoisotopic (exact) mass is 397 g/mol. The lowest BCUT2D eigenvalue weighted by molar-refractivity contribution is -0.0661. The van der Waals surface area contributed by atoms with Crippen molar-refractivity contribution >= 4 is 6.09 Å². The van der Waals surface area contributed by atoms with Crippen molar-refractivity contribution in [2.75, 3.05) is 6.61 Å². The van der Waals surface area contributed by atoms with Gasteiger partial charge in [0.1, 0.15) is 11.3 Å². The second kappa shape index (κ2) is 11.8. The third-order valence-electron chi connectivity index (χ3n) is 5.06. The number of aliphatic hydroxyl groups is 1. The van der Waals surface area contributed by atoms with Crippen LogP contribution in [-0.4, -0.2) is 46.2 Å². The second-order valence-corrected chi connectivity index (χ2v) is 9.36. The van der Waals surface area contributed by atoms with E-state index in [9.17, 15) is 9.90 Å². The Hall–Kier alpha value is -1.07. The number of unbranched alkanes of at least 4 members (excludes halogenated alkanes) is 8. The first-order valence-corrected chi connectivity index (χ1v) is 11.1. The summed E-state index contributed by atoms with van der Waals surface area (Å²) in [4.78, 5) is 14.2. The van der Waals surface area contributed by atoms with Crippen molar-refractivity contribution in [2.24, 2.45) is 0 Å². The van der Waals surface area contributed by atoms with E-state index in [-0.39, 0.29) is 0 Å². The molecule has 5 nitrogen and oxygen atoms in total. The van der Waals surface area contributed by atoms with Crippen molar-refractivity contribution < 1.29 is 19.4 Å². The van der Waals surface area contributed by atoms with E-state index in [2.05, 4.69) is 6.92 Å². The number of nitrogens with zero attached hydrogens (tertiary/aromatic N) is 1. The fourth-order valence-corrected chi connectivity index (χ4v) is 3.51. The summed E-state index contributed by atoms with van der Waals surface area (Å²) in [5.41, 5.74) is -1.38. The summed E-state index contributed by atoms with van der Waals surface area (Å²) in [6.07, 6.45) is 13.9. The Morgan fingerprint density at radius 2 is 1.75 bits per heavy atom. The van der Waals surface area contributed by atoms with E-state index in [0.29, 0.717) is 6.61 Å². The van der Waals surface area contributed by atoms with Crippen LogP contribution in [0.1, 0.15) is 99.3 Å². The Balaban J connectivity index is 2.41. The first-order chi connectivity index (χ1) is 13.1. The number of ether oxygens (including phenoxy) is 2. The molecular formula is C23H43NO4. The number of carbonyl (C=O) groups is 1. The van der Waals surface area contributed by atoms with Gasteiger partial charge in [-0.05, 0) is 47.5 Å². The Bertz CT molecular complexity index is 481. The van der Waals surface area contributed by atoms with Crippen molar-refractivity contribution in [3.63, 3.8) is 0 Å². The molecule has 1 saturated heterocycles. The smallest absolute Gasteiger partial charge is 0.413 e. The molecule has 1 fully saturated rings. The molecule has 0 radical (unpaired) electrons. The lowest BCUT2D eigenvalue weighted by Gasteiger charge is -2.36. The Morgan fingerprint density at radius 1 is 1.18 bits per heavy atom. The molecule has 0 aromatic heterocycles. The maximum Gasteiger partial charge on any atom is 0.413 e. The lowest BCUT2D eigenvalue weighted by atomic mass is 10.1. The van der Waals surface area contributed by atoms with Crippen LogP contribution in [0.2, 0.25) is 0 Å². The van der Waals surface area contributed by atoms with E-state index in [1.165, 1.54) is 49.8 Å². The first kappa shape index (κ1) is 25.0. The van der Waals surface area contributed by atoms with Crippen molar-refractivity contribution in [3.05, 3.63) is 12.2 Å². The highest BCUT2D eigenvalue weighted by Gasteiger charge is 2.47. The van der Waals surface area contributed by atoms with Gasteiger partial charge in [0.05, 0.1) is 18.8 Å². The molecule has 1 aliphatic heterocycles. The number of allylic oxidation sites excluding steroid dienone is 1. The molecule has 0 aliphatic carbocycles. The van der Waals surface area contributed by atoms with Crippen LogP contribution >= 0.6 is 0 Å². The van der Waals surface area contributed by atoms with E-state index in [0.717, 1.165) is 12.8 Å². The zero-order chi connectivity index (χ0) is 21.2. The number of amides is 1. The molecule has 1 N–H and O–H groups in total. The average Bonchev–Trinajstić information content (AvgIpc) is 2.90. The van der Waals surface area contributed by atoms with E-state index >= 15 is 0 Å². The summed E-state index contributed by atoms with van der Waals surface area (Å²) < 4.78 is 11.3. The molecule has 0 spiro atoms. The number of aliphatic hydroxyl groups excluding tert-OH is 1. The number of carbonyl (C=O) groups excluding carboxylic acids is 1. The fourth-order valence-electron chi connectivity index (χ4n) is 3.51. The molecule has 0 unspecified atom stereocenters. The summed E-state index contributed by atoms with van der Waals surface area (Å²) in [5, 5.41) is 10.6. The van der Waals surface area contributed by atoms with Gasteiger partial charge >= 0.3 is 6.09 Å². The van der Waals surface area contributed by atoms with Crippen LogP contribution in [-0.2, 0) is 9.47 Å². The van der Waals surface area contributed by atoms with E-state index in [4.69, 9.17) is 9.47 Å². The molecule has 164 valence electrons. The third-order valence-corrected chi connectivity index (χ3v) is 5.06. The maximum absolute atomic E-state index is 12.6. The summed E-state index contributed by atoms with van der Waals surface area (Å²) in [7, 11) is 0. The zero-order valence-electron chi connectivity index (χ0n) is 19.0. The third kappa shape index (κ3) is 8.95. The van der Waals surface area contributed by atoms with Crippen LogP contribution < -0.4 is 0 Å². The van der Waals surface area contributed by atoms with Gasteiger partial charge in [0.25, 0.3) is 0 Å². The molecule has 28 heavy (non-hydrogen) atoms. The first-order valence-electron chi connectivity index (χ1n) is 11.1. The zero-order valence-corrected chi connectivity index (χ0v) is 19.0. The molecule has 0 saturated carbocycles. The number of hydrogen-bond donors (Lipinski definition) is 1. The highest BCUT2D eigenvalue weighted by molar-refractivity contribution is 5.70. The summed E-state index contributed by atoms with van der Waals surface area (Å²) >= 11 is 0. The largest absolute Gasteiger partial charge is 0.444 e. The van der Waals surface area contributed by atoms with Crippen molar-refractivity contribution in [1.82, 2.24) is 4.90 Å². The Morgan fingerprint density at radius 3 is 2.32 bits per heavy atom. The minimum absolute atomic E-state index is 0.301. The van der Waals surface area contributed by atoms with Gasteiger partial charge in [0.2, 0.25) is 0 Å². The van der Waals surface area contributed by atoms with Crippen LogP contribution in [0.4, 0.5) is 4.79 Å². The van der Waals surface area contributed by atoms with Crippen molar-refractivity contribution in [3.8, 4) is 0 Å². The van der Waals surface area contributed by atoms with Gasteiger partial charge in [0, 0.05) is 0 Å². The minimum atomic E-state index is -0.792. The number of rotatable bonds is 11. The summed E-state index contributed by atoms with van der Waals surface area (Å²) in [5.74, 6) is 0. The second-order valence-electron chi connectivity index (χ2n) is 9.36. The maximum atomic E-state index is 12.6. The minimum Gasteiger partial charge on any atom is -0.444 e. The molecule has 1 aliphatic rings. The predicted octanol–water partition coefficient (Wildman–Crippen LogP) is 5.81. The lowest BCUT2D eigenvalue weighted by Crippen LogP contribution is -2.53. The van der Waals surface area contributed by atoms with Gasteiger partial charge in [-0.2, -0.15) is 0 Å². The Kier molecular flexibility index (Phi) is 10.5. The van der Waals surface area contributed by atoms with E-state index < -0.39 is 29.6 Å². The quantitative estimate of drug-likeness (QED) is 0.353. The number of hydrogen-bond acceptors (Lipinski definition) is 4. The van der Waals surface area contributed by atoms with E-state index in [1.54, 1.807) is 6.08 Å². The van der Waals surface area contributed by atoms with Gasteiger partial charge in [0.15, 0.2) is 0 Å². The molecule has 1 heterocycles. The Labute approximate surface area is 172 Å². The fraction of sp³-hybridized carbons (Fsp3) is 0.870. The SMILES string of the molecule is CCCCCCCCCC/C=C/[C@@H](O)[C@@H]1COC(C)(C)N1C(=O)OC(C)(C)C. The molecule has 0 aromatic carbocycles. The van der Waals surface area contributed by atoms with Crippen molar-refractivity contribution in [1.29, 1.82) is 0 Å². The molecular weight excluding hydrogens is 354 g/mol. The summed E-state index contributed by atoms with van der Waals surface area (Å²) in [6, 6.07) is -0.431. The van der Waals surface area contributed by atoms with Gasteiger partial charge in [-0.25, -0.2) is 4.79 Å². The van der Waals surface area contributed by atoms with Crippen molar-refractivity contribution in [2.45, 2.75) is 123 Å². The van der Waals surface area contributed by atoms with Gasteiger partial charge < -0.3 is 14.6 Å². The summed E-state index contributed by atoms with van der Waals surface area (Å²) in [6.45, 7) is 11.7. The molecule has 1 amide bonds. The standard InChI is InChI=1S/C23H43NO4/c1-7-8-9-10-11-12-13-14-15-16-17-20(25)19-18-27-23(5,6)24(19)21(26)28-22(2,3)4/h16-17,19-20,25H,7-15,18H2,1-6H3/b17-16+/t19-,20+/m0/s1. The topological polar surface area (TPSA) is 59.0 Å². The van der Waals surface area contributed by atoms with Crippen LogP contribution in [0.3, 0.4) is 0 Å². The molecule has 0 aromatic rings. The predicted molar refractivity (Wildman–Crippen MR) is 114 cm³/mol. The van der Waals surface area contributed by atoms with Gasteiger partial charge in [-0.15, -0.1) is 0 Å². The van der Waals surface area contributed by atoms with Crippen LogP contribution in [0.5, 0.6) is 0 Å². The van der Waals surface area contributed by atoms with Crippen LogP contribution in [0.25, 0.3) is 0 Å². The highest BCUT2D eigenvalue weighted by atomic mass is 16.6. The average molecular weight is 398 g/mol. The van der Waals surface area contributed by atoms with Crippen LogP contribution in [0, 0.1) is 0 Å². The highest BCUT2D eigenvalue weighted by Crippen LogP contribution is 2.31.